The van der Waals surface area contributed by atoms with Crippen molar-refractivity contribution in [2.75, 3.05) is 20.2 Å². The minimum absolute atomic E-state index is 0.112. The van der Waals surface area contributed by atoms with Crippen molar-refractivity contribution >= 4 is 5.91 Å². The summed E-state index contributed by atoms with van der Waals surface area (Å²) in [6.07, 6.45) is 6.46. The van der Waals surface area contributed by atoms with Crippen LogP contribution in [0.5, 0.6) is 5.75 Å². The van der Waals surface area contributed by atoms with Crippen molar-refractivity contribution in [2.45, 2.75) is 31.7 Å². The summed E-state index contributed by atoms with van der Waals surface area (Å²) in [6, 6.07) is 8.05. The van der Waals surface area contributed by atoms with Gasteiger partial charge in [-0.25, -0.2) is 4.98 Å². The van der Waals surface area contributed by atoms with Crippen LogP contribution in [0.3, 0.4) is 0 Å². The van der Waals surface area contributed by atoms with Gasteiger partial charge in [0.15, 0.2) is 0 Å². The van der Waals surface area contributed by atoms with E-state index in [4.69, 9.17) is 4.74 Å². The Morgan fingerprint density at radius 2 is 2.24 bits per heavy atom. The number of hydrogen-bond donors (Lipinski definition) is 0. The number of amides is 1. The van der Waals surface area contributed by atoms with Crippen LogP contribution in [0, 0.1) is 11.8 Å². The van der Waals surface area contributed by atoms with Crippen molar-refractivity contribution in [1.82, 2.24) is 19.7 Å². The van der Waals surface area contributed by atoms with Crippen LogP contribution in [0.15, 0.2) is 36.9 Å². The Kier molecular flexibility index (Phi) is 4.42. The Morgan fingerprint density at radius 1 is 1.36 bits per heavy atom. The molecule has 2 aromatic rings. The molecule has 132 valence electrons. The van der Waals surface area contributed by atoms with Crippen LogP contribution in [0.2, 0.25) is 0 Å². The highest BCUT2D eigenvalue weighted by Crippen LogP contribution is 2.51. The Bertz CT molecular complexity index is 731. The van der Waals surface area contributed by atoms with Crippen LogP contribution >= 0.6 is 0 Å². The van der Waals surface area contributed by atoms with Crippen LogP contribution in [0.1, 0.15) is 30.7 Å². The number of hydrogen-bond acceptors (Lipinski definition) is 4. The first-order valence-electron chi connectivity index (χ1n) is 9.00. The zero-order valence-electron chi connectivity index (χ0n) is 14.5. The first kappa shape index (κ1) is 16.1. The highest BCUT2D eigenvalue weighted by Gasteiger charge is 2.47. The average molecular weight is 340 g/mol. The second-order valence-electron chi connectivity index (χ2n) is 7.10. The second kappa shape index (κ2) is 6.86. The number of rotatable bonds is 5. The van der Waals surface area contributed by atoms with Crippen LogP contribution in [-0.4, -0.2) is 45.8 Å². The number of carbonyl (C=O) groups excluding carboxylic acids is 1. The second-order valence-corrected chi connectivity index (χ2v) is 7.10. The van der Waals surface area contributed by atoms with Crippen molar-refractivity contribution in [2.24, 2.45) is 11.8 Å². The lowest BCUT2D eigenvalue weighted by Crippen LogP contribution is -2.42. The normalized spacial score (nSPS) is 25.6. The molecule has 1 saturated carbocycles. The van der Waals surface area contributed by atoms with E-state index >= 15 is 0 Å². The molecule has 1 aromatic carbocycles. The molecule has 0 bridgehead atoms. The third-order valence-corrected chi connectivity index (χ3v) is 5.39. The topological polar surface area (TPSA) is 60.2 Å². The third-order valence-electron chi connectivity index (χ3n) is 5.39. The first-order valence-corrected chi connectivity index (χ1v) is 9.00. The van der Waals surface area contributed by atoms with Crippen molar-refractivity contribution in [1.29, 1.82) is 0 Å². The van der Waals surface area contributed by atoms with Crippen LogP contribution in [0.4, 0.5) is 0 Å². The van der Waals surface area contributed by atoms with Crippen molar-refractivity contribution in [3.63, 3.8) is 0 Å². The van der Waals surface area contributed by atoms with Gasteiger partial charge in [0.05, 0.1) is 7.11 Å². The molecule has 1 saturated heterocycles. The number of benzene rings is 1. The number of methoxy groups -OCH3 is 1. The third kappa shape index (κ3) is 3.38. The minimum Gasteiger partial charge on any atom is -0.496 e. The predicted molar refractivity (Wildman–Crippen MR) is 93.2 cm³/mol. The highest BCUT2D eigenvalue weighted by atomic mass is 16.5. The fraction of sp³-hybridized carbons (Fsp3) is 0.526. The molecule has 0 radical (unpaired) electrons. The number of ether oxygens (including phenoxy) is 1. The summed E-state index contributed by atoms with van der Waals surface area (Å²) in [6.45, 7) is 2.54. The molecule has 1 aliphatic heterocycles. The molecule has 2 fully saturated rings. The van der Waals surface area contributed by atoms with Crippen LogP contribution < -0.4 is 4.74 Å². The lowest BCUT2D eigenvalue weighted by atomic mass is 9.97. The SMILES string of the molecule is COc1ccccc1[C@@H]1C[C@H]1C(=O)N1CCCC(Cn2cncn2)C1. The molecule has 1 unspecified atom stereocenters. The van der Waals surface area contributed by atoms with Gasteiger partial charge in [0.2, 0.25) is 5.91 Å². The number of piperidine rings is 1. The van der Waals surface area contributed by atoms with Gasteiger partial charge in [-0.1, -0.05) is 18.2 Å². The number of aromatic nitrogens is 3. The Hall–Kier alpha value is -2.37. The van der Waals surface area contributed by atoms with Gasteiger partial charge in [0.1, 0.15) is 18.4 Å². The van der Waals surface area contributed by atoms with Crippen LogP contribution in [0.25, 0.3) is 0 Å². The summed E-state index contributed by atoms with van der Waals surface area (Å²) in [7, 11) is 1.69. The van der Waals surface area contributed by atoms with E-state index in [0.717, 1.165) is 44.6 Å². The van der Waals surface area contributed by atoms with E-state index in [0.29, 0.717) is 17.7 Å². The lowest BCUT2D eigenvalue weighted by Gasteiger charge is -2.33. The van der Waals surface area contributed by atoms with Gasteiger partial charge < -0.3 is 9.64 Å². The zero-order chi connectivity index (χ0) is 17.2. The Labute approximate surface area is 147 Å². The summed E-state index contributed by atoms with van der Waals surface area (Å²) < 4.78 is 7.32. The molecule has 3 atom stereocenters. The fourth-order valence-electron chi connectivity index (χ4n) is 4.02. The molecule has 6 heteroatoms. The predicted octanol–water partition coefficient (Wildman–Crippen LogP) is 2.33. The van der Waals surface area contributed by atoms with Gasteiger partial charge in [-0.15, -0.1) is 0 Å². The van der Waals surface area contributed by atoms with Gasteiger partial charge >= 0.3 is 0 Å². The summed E-state index contributed by atoms with van der Waals surface area (Å²) in [5, 5.41) is 4.19. The molecule has 6 nitrogen and oxygen atoms in total. The number of carbonyl (C=O) groups is 1. The smallest absolute Gasteiger partial charge is 0.226 e. The van der Waals surface area contributed by atoms with Gasteiger partial charge in [-0.3, -0.25) is 9.48 Å². The Morgan fingerprint density at radius 3 is 3.04 bits per heavy atom. The summed E-state index contributed by atoms with van der Waals surface area (Å²) >= 11 is 0. The zero-order valence-corrected chi connectivity index (χ0v) is 14.5. The van der Waals surface area contributed by atoms with E-state index in [-0.39, 0.29) is 5.92 Å². The molecule has 1 aromatic heterocycles. The monoisotopic (exact) mass is 340 g/mol. The van der Waals surface area contributed by atoms with E-state index in [2.05, 4.69) is 21.0 Å². The van der Waals surface area contributed by atoms with E-state index in [1.165, 1.54) is 5.56 Å². The van der Waals surface area contributed by atoms with E-state index in [1.807, 2.05) is 22.9 Å². The highest BCUT2D eigenvalue weighted by molar-refractivity contribution is 5.83. The molecule has 0 N–H and O–H groups in total. The maximum atomic E-state index is 12.9. The molecule has 25 heavy (non-hydrogen) atoms. The van der Waals surface area contributed by atoms with Crippen molar-refractivity contribution in [3.8, 4) is 5.75 Å². The molecule has 1 aliphatic carbocycles. The van der Waals surface area contributed by atoms with Gasteiger partial charge in [0.25, 0.3) is 0 Å². The van der Waals surface area contributed by atoms with E-state index < -0.39 is 0 Å². The molecule has 0 spiro atoms. The molecule has 2 aliphatic rings. The van der Waals surface area contributed by atoms with Gasteiger partial charge in [0, 0.05) is 25.6 Å². The van der Waals surface area contributed by atoms with Crippen molar-refractivity contribution < 1.29 is 9.53 Å². The Balaban J connectivity index is 1.38. The fourth-order valence-corrected chi connectivity index (χ4v) is 4.02. The summed E-state index contributed by atoms with van der Waals surface area (Å²) in [4.78, 5) is 19.0. The summed E-state index contributed by atoms with van der Waals surface area (Å²) in [5.41, 5.74) is 1.17. The molecular weight excluding hydrogens is 316 g/mol. The molecule has 4 rings (SSSR count). The number of para-hydroxylation sites is 1. The number of likely N-dealkylation sites (tertiary alicyclic amines) is 1. The van der Waals surface area contributed by atoms with Crippen LogP contribution in [-0.2, 0) is 11.3 Å². The molecular formula is C19H24N4O2. The van der Waals surface area contributed by atoms with Crippen molar-refractivity contribution in [3.05, 3.63) is 42.5 Å². The average Bonchev–Trinajstić information content (AvgIpc) is 3.29. The molecule has 2 heterocycles. The lowest BCUT2D eigenvalue weighted by molar-refractivity contribution is -0.134. The standard InChI is InChI=1S/C19H24N4O2/c1-25-18-7-3-2-6-15(18)16-9-17(16)19(24)22-8-4-5-14(10-22)11-23-13-20-12-21-23/h2-3,6-7,12-14,16-17H,4-5,8-11H2,1H3/t14?,16-,17+/m0/s1. The quantitative estimate of drug-likeness (QED) is 0.838. The van der Waals surface area contributed by atoms with E-state index in [9.17, 15) is 4.79 Å². The van der Waals surface area contributed by atoms with Gasteiger partial charge in [-0.05, 0) is 42.7 Å². The van der Waals surface area contributed by atoms with E-state index in [1.54, 1.807) is 19.8 Å². The maximum Gasteiger partial charge on any atom is 0.226 e. The summed E-state index contributed by atoms with van der Waals surface area (Å²) in [5.74, 6) is 2.08. The van der Waals surface area contributed by atoms with Gasteiger partial charge in [-0.2, -0.15) is 5.10 Å². The first-order chi connectivity index (χ1) is 12.3. The molecule has 1 amide bonds. The largest absolute Gasteiger partial charge is 0.496 e. The minimum atomic E-state index is 0.112. The maximum absolute atomic E-state index is 12.9. The number of nitrogens with zero attached hydrogens (tertiary/aromatic N) is 4.